The maximum absolute atomic E-state index is 12.6. The monoisotopic (exact) mass is 475 g/mol. The molecule has 178 valence electrons. The van der Waals surface area contributed by atoms with E-state index < -0.39 is 10.8 Å². The zero-order chi connectivity index (χ0) is 24.9. The summed E-state index contributed by atoms with van der Waals surface area (Å²) in [6, 6.07) is 14.5. The number of carbonyl (C=O) groups is 1. The molecule has 0 radical (unpaired) electrons. The number of anilines is 3. The average Bonchev–Trinajstić information content (AvgIpc) is 2.88. The first-order valence-corrected chi connectivity index (χ1v) is 10.3. The molecule has 1 amide bonds. The second-order valence-corrected chi connectivity index (χ2v) is 7.25. The Kier molecular flexibility index (Phi) is 6.58. The minimum atomic E-state index is -0.599. The van der Waals surface area contributed by atoms with Crippen LogP contribution in [0.4, 0.5) is 22.9 Å². The third-order valence-corrected chi connectivity index (χ3v) is 5.18. The van der Waals surface area contributed by atoms with Crippen molar-refractivity contribution in [2.75, 3.05) is 32.0 Å². The number of fused-ring (bicyclic) bond motifs is 1. The molecule has 0 saturated carbocycles. The molecule has 0 unspecified atom stereocenters. The number of nitrogens with one attached hydrogen (secondary N) is 2. The normalized spacial score (nSPS) is 10.5. The number of nitro groups is 1. The van der Waals surface area contributed by atoms with Gasteiger partial charge in [0.15, 0.2) is 17.2 Å². The molecule has 11 nitrogen and oxygen atoms in total. The van der Waals surface area contributed by atoms with Gasteiger partial charge in [-0.1, -0.05) is 0 Å². The van der Waals surface area contributed by atoms with Crippen molar-refractivity contribution in [1.82, 2.24) is 9.97 Å². The highest BCUT2D eigenvalue weighted by Gasteiger charge is 2.18. The maximum atomic E-state index is 12.6. The molecule has 0 aliphatic carbocycles. The lowest BCUT2D eigenvalue weighted by Crippen LogP contribution is -2.12. The summed E-state index contributed by atoms with van der Waals surface area (Å²) in [5.41, 5.74) is 1.76. The summed E-state index contributed by atoms with van der Waals surface area (Å²) in [5, 5.41) is 17.9. The van der Waals surface area contributed by atoms with E-state index in [1.807, 2.05) is 0 Å². The van der Waals surface area contributed by atoms with E-state index >= 15 is 0 Å². The number of rotatable bonds is 8. The Labute approximate surface area is 199 Å². The van der Waals surface area contributed by atoms with Crippen LogP contribution in [0.2, 0.25) is 0 Å². The Morgan fingerprint density at radius 1 is 0.857 bits per heavy atom. The molecular weight excluding hydrogens is 454 g/mol. The molecule has 0 fully saturated rings. The number of aromatic nitrogens is 2. The van der Waals surface area contributed by atoms with Crippen LogP contribution in [-0.2, 0) is 0 Å². The number of carbonyl (C=O) groups excluding carboxylic acids is 1. The van der Waals surface area contributed by atoms with Gasteiger partial charge in [-0.25, -0.2) is 9.97 Å². The number of methoxy groups -OCH3 is 3. The number of nitrogens with zero attached hydrogens (tertiary/aromatic N) is 3. The van der Waals surface area contributed by atoms with E-state index in [-0.39, 0.29) is 17.0 Å². The van der Waals surface area contributed by atoms with Crippen LogP contribution in [-0.4, -0.2) is 42.1 Å². The molecule has 0 bridgehead atoms. The van der Waals surface area contributed by atoms with Gasteiger partial charge in [0.05, 0.1) is 31.8 Å². The quantitative estimate of drug-likeness (QED) is 0.277. The molecule has 2 N–H and O–H groups in total. The van der Waals surface area contributed by atoms with E-state index in [4.69, 9.17) is 14.2 Å². The van der Waals surface area contributed by atoms with E-state index in [9.17, 15) is 14.9 Å². The van der Waals surface area contributed by atoms with Gasteiger partial charge in [0.25, 0.3) is 5.91 Å². The zero-order valence-corrected chi connectivity index (χ0v) is 19.1. The van der Waals surface area contributed by atoms with Gasteiger partial charge in [0.1, 0.15) is 12.1 Å². The van der Waals surface area contributed by atoms with Crippen LogP contribution in [0.25, 0.3) is 10.9 Å². The lowest BCUT2D eigenvalue weighted by molar-refractivity contribution is -0.385. The van der Waals surface area contributed by atoms with Crippen molar-refractivity contribution in [3.05, 3.63) is 76.6 Å². The Morgan fingerprint density at radius 2 is 1.51 bits per heavy atom. The van der Waals surface area contributed by atoms with Crippen molar-refractivity contribution < 1.29 is 23.9 Å². The van der Waals surface area contributed by atoms with Crippen molar-refractivity contribution in [2.24, 2.45) is 0 Å². The van der Waals surface area contributed by atoms with Crippen LogP contribution < -0.4 is 24.8 Å². The molecule has 1 aromatic heterocycles. The molecule has 0 aliphatic rings. The summed E-state index contributed by atoms with van der Waals surface area (Å²) in [4.78, 5) is 31.8. The van der Waals surface area contributed by atoms with Crippen LogP contribution in [0, 0.1) is 10.1 Å². The third kappa shape index (κ3) is 4.88. The highest BCUT2D eigenvalue weighted by Crippen LogP contribution is 2.34. The molecule has 0 atom stereocenters. The number of ether oxygens (including phenoxy) is 3. The number of hydrogen-bond acceptors (Lipinski definition) is 9. The summed E-state index contributed by atoms with van der Waals surface area (Å²) in [6.45, 7) is 0. The van der Waals surface area contributed by atoms with Gasteiger partial charge in [0, 0.05) is 34.5 Å². The van der Waals surface area contributed by atoms with Crippen molar-refractivity contribution in [1.29, 1.82) is 0 Å². The standard InChI is InChI=1S/C24H21N5O6/c1-33-20-9-4-14(10-19(20)29(31)32)24(30)28-16-7-5-15(6-8-16)27-23-17-11-21(34-2)22(35-3)12-18(17)25-13-26-23/h4-13H,1-3H3,(H,28,30)(H,25,26,27). The van der Waals surface area contributed by atoms with E-state index in [1.54, 1.807) is 50.6 Å². The Hall–Kier alpha value is -4.93. The number of hydrogen-bond donors (Lipinski definition) is 2. The lowest BCUT2D eigenvalue weighted by atomic mass is 10.1. The first-order chi connectivity index (χ1) is 16.9. The van der Waals surface area contributed by atoms with E-state index in [1.165, 1.54) is 31.6 Å². The highest BCUT2D eigenvalue weighted by molar-refractivity contribution is 6.05. The molecule has 1 heterocycles. The molecule has 0 aliphatic heterocycles. The minimum Gasteiger partial charge on any atom is -0.493 e. The lowest BCUT2D eigenvalue weighted by Gasteiger charge is -2.12. The van der Waals surface area contributed by atoms with E-state index in [2.05, 4.69) is 20.6 Å². The molecule has 0 spiro atoms. The zero-order valence-electron chi connectivity index (χ0n) is 19.1. The first kappa shape index (κ1) is 23.2. The molecule has 11 heteroatoms. The van der Waals surface area contributed by atoms with Gasteiger partial charge < -0.3 is 24.8 Å². The summed E-state index contributed by atoms with van der Waals surface area (Å²) < 4.78 is 15.7. The Balaban J connectivity index is 1.52. The SMILES string of the molecule is COc1cc2ncnc(Nc3ccc(NC(=O)c4ccc(OC)c([N+](=O)[O-])c4)cc3)c2cc1OC. The Morgan fingerprint density at radius 3 is 2.17 bits per heavy atom. The van der Waals surface area contributed by atoms with Crippen molar-refractivity contribution >= 4 is 39.7 Å². The predicted octanol–water partition coefficient (Wildman–Crippen LogP) is 4.56. The van der Waals surface area contributed by atoms with Crippen molar-refractivity contribution in [3.63, 3.8) is 0 Å². The highest BCUT2D eigenvalue weighted by atomic mass is 16.6. The fourth-order valence-electron chi connectivity index (χ4n) is 3.43. The third-order valence-electron chi connectivity index (χ3n) is 5.18. The topological polar surface area (TPSA) is 138 Å². The van der Waals surface area contributed by atoms with Crippen LogP contribution in [0.5, 0.6) is 17.2 Å². The van der Waals surface area contributed by atoms with Gasteiger partial charge in [-0.05, 0) is 42.5 Å². The van der Waals surface area contributed by atoms with Gasteiger partial charge in [-0.3, -0.25) is 14.9 Å². The summed E-state index contributed by atoms with van der Waals surface area (Å²) in [5.74, 6) is 1.27. The van der Waals surface area contributed by atoms with Gasteiger partial charge >= 0.3 is 5.69 Å². The van der Waals surface area contributed by atoms with Crippen LogP contribution >= 0.6 is 0 Å². The average molecular weight is 475 g/mol. The second kappa shape index (κ2) is 9.91. The summed E-state index contributed by atoms with van der Waals surface area (Å²) in [6.07, 6.45) is 1.44. The summed E-state index contributed by atoms with van der Waals surface area (Å²) in [7, 11) is 4.44. The van der Waals surface area contributed by atoms with E-state index in [0.29, 0.717) is 28.5 Å². The predicted molar refractivity (Wildman–Crippen MR) is 130 cm³/mol. The largest absolute Gasteiger partial charge is 0.493 e. The molecule has 3 aromatic carbocycles. The van der Waals surface area contributed by atoms with Crippen LogP contribution in [0.15, 0.2) is 60.9 Å². The number of benzene rings is 3. The molecular formula is C24H21N5O6. The van der Waals surface area contributed by atoms with Crippen molar-refractivity contribution in [2.45, 2.75) is 0 Å². The molecule has 35 heavy (non-hydrogen) atoms. The fraction of sp³-hybridized carbons (Fsp3) is 0.125. The van der Waals surface area contributed by atoms with Gasteiger partial charge in [-0.2, -0.15) is 0 Å². The molecule has 0 saturated heterocycles. The van der Waals surface area contributed by atoms with Crippen molar-refractivity contribution in [3.8, 4) is 17.2 Å². The van der Waals surface area contributed by atoms with Gasteiger partial charge in [0.2, 0.25) is 0 Å². The molecule has 4 aromatic rings. The number of amides is 1. The van der Waals surface area contributed by atoms with E-state index in [0.717, 1.165) is 11.1 Å². The smallest absolute Gasteiger partial charge is 0.311 e. The molecule has 4 rings (SSSR count). The second-order valence-electron chi connectivity index (χ2n) is 7.25. The van der Waals surface area contributed by atoms with Crippen LogP contribution in [0.1, 0.15) is 10.4 Å². The minimum absolute atomic E-state index is 0.0790. The van der Waals surface area contributed by atoms with Gasteiger partial charge in [-0.15, -0.1) is 0 Å². The fourth-order valence-corrected chi connectivity index (χ4v) is 3.43. The summed E-state index contributed by atoms with van der Waals surface area (Å²) >= 11 is 0. The maximum Gasteiger partial charge on any atom is 0.311 e. The number of nitro benzene ring substituents is 1. The first-order valence-electron chi connectivity index (χ1n) is 10.3. The Bertz CT molecular complexity index is 1410. The van der Waals surface area contributed by atoms with Crippen LogP contribution in [0.3, 0.4) is 0 Å².